The Labute approximate surface area is 102 Å². The molecule has 0 aromatic carbocycles. The molecule has 0 atom stereocenters. The monoisotopic (exact) mass is 237 g/mol. The average molecular weight is 237 g/mol. The molecule has 1 heterocycles. The van der Waals surface area contributed by atoms with Gasteiger partial charge >= 0.3 is 0 Å². The lowest BCUT2D eigenvalue weighted by Crippen LogP contribution is -2.23. The van der Waals surface area contributed by atoms with Gasteiger partial charge in [0.25, 0.3) is 0 Å². The maximum atomic E-state index is 5.76. The fourth-order valence-corrected chi connectivity index (χ4v) is 1.39. The van der Waals surface area contributed by atoms with Crippen molar-refractivity contribution in [1.82, 2.24) is 4.98 Å². The molecule has 0 spiro atoms. The van der Waals surface area contributed by atoms with Gasteiger partial charge in [-0.25, -0.2) is 4.98 Å². The van der Waals surface area contributed by atoms with Crippen LogP contribution in [-0.4, -0.2) is 23.8 Å². The smallest absolute Gasteiger partial charge is 0.217 e. The van der Waals surface area contributed by atoms with Crippen molar-refractivity contribution in [2.75, 3.05) is 7.11 Å². The molecule has 94 valence electrons. The maximum Gasteiger partial charge on any atom is 0.217 e. The molecule has 1 aromatic rings. The van der Waals surface area contributed by atoms with E-state index in [0.717, 1.165) is 12.8 Å². The number of ether oxygens (including phenoxy) is 3. The van der Waals surface area contributed by atoms with Gasteiger partial charge in [-0.15, -0.1) is 0 Å². The third-order valence-electron chi connectivity index (χ3n) is 2.26. The van der Waals surface area contributed by atoms with E-state index in [2.05, 4.69) is 4.98 Å². The molecule has 1 aromatic heterocycles. The van der Waals surface area contributed by atoms with Crippen molar-refractivity contribution in [2.45, 2.75) is 45.3 Å². The van der Waals surface area contributed by atoms with Crippen LogP contribution in [0.5, 0.6) is 17.4 Å². The Hall–Kier alpha value is -1.45. The van der Waals surface area contributed by atoms with Crippen LogP contribution in [0.3, 0.4) is 0 Å². The first kappa shape index (κ1) is 12.0. The van der Waals surface area contributed by atoms with Gasteiger partial charge in [0, 0.05) is 6.07 Å². The fourth-order valence-electron chi connectivity index (χ4n) is 1.39. The first-order chi connectivity index (χ1) is 7.98. The standard InChI is InChI=1S/C13H19NO3/c1-13(2,3)17-12-7-10(16-9-5-6-9)11(15-4)8-14-12/h7-9H,5-6H2,1-4H3. The molecule has 2 rings (SSSR count). The Kier molecular flexibility index (Phi) is 3.13. The summed E-state index contributed by atoms with van der Waals surface area (Å²) in [5, 5.41) is 0. The van der Waals surface area contributed by atoms with Crippen LogP contribution in [0, 0.1) is 0 Å². The molecule has 1 aliphatic carbocycles. The molecular formula is C13H19NO3. The third-order valence-corrected chi connectivity index (χ3v) is 2.26. The van der Waals surface area contributed by atoms with Crippen LogP contribution in [-0.2, 0) is 0 Å². The molecule has 1 saturated carbocycles. The third kappa shape index (κ3) is 3.51. The molecule has 0 unspecified atom stereocenters. The lowest BCUT2D eigenvalue weighted by molar-refractivity contribution is 0.123. The van der Waals surface area contributed by atoms with Crippen molar-refractivity contribution in [3.8, 4) is 17.4 Å². The quantitative estimate of drug-likeness (QED) is 0.807. The predicted octanol–water partition coefficient (Wildman–Crippen LogP) is 2.81. The minimum absolute atomic E-state index is 0.265. The number of aromatic nitrogens is 1. The zero-order valence-electron chi connectivity index (χ0n) is 10.8. The van der Waals surface area contributed by atoms with E-state index in [1.807, 2.05) is 20.8 Å². The number of methoxy groups -OCH3 is 1. The van der Waals surface area contributed by atoms with E-state index in [9.17, 15) is 0 Å². The number of rotatable bonds is 4. The number of hydrogen-bond acceptors (Lipinski definition) is 4. The summed E-state index contributed by atoms with van der Waals surface area (Å²) in [6.45, 7) is 5.96. The molecule has 0 bridgehead atoms. The predicted molar refractivity (Wildman–Crippen MR) is 64.8 cm³/mol. The molecule has 0 N–H and O–H groups in total. The molecule has 0 radical (unpaired) electrons. The minimum Gasteiger partial charge on any atom is -0.491 e. The SMILES string of the molecule is COc1cnc(OC(C)(C)C)cc1OC1CC1. The Morgan fingerprint density at radius 3 is 2.47 bits per heavy atom. The van der Waals surface area contributed by atoms with Crippen LogP contribution in [0.25, 0.3) is 0 Å². The molecule has 0 saturated heterocycles. The molecule has 4 nitrogen and oxygen atoms in total. The fraction of sp³-hybridized carbons (Fsp3) is 0.615. The highest BCUT2D eigenvalue weighted by Gasteiger charge is 2.25. The topological polar surface area (TPSA) is 40.6 Å². The van der Waals surface area contributed by atoms with Gasteiger partial charge in [-0.3, -0.25) is 0 Å². The first-order valence-corrected chi connectivity index (χ1v) is 5.87. The van der Waals surface area contributed by atoms with Crippen molar-refractivity contribution in [3.05, 3.63) is 12.3 Å². The minimum atomic E-state index is -0.265. The molecular weight excluding hydrogens is 218 g/mol. The first-order valence-electron chi connectivity index (χ1n) is 5.87. The van der Waals surface area contributed by atoms with Gasteiger partial charge in [0.1, 0.15) is 5.60 Å². The lowest BCUT2D eigenvalue weighted by atomic mass is 10.2. The van der Waals surface area contributed by atoms with Crippen molar-refractivity contribution in [3.63, 3.8) is 0 Å². The average Bonchev–Trinajstić information content (AvgIpc) is 3.00. The van der Waals surface area contributed by atoms with Gasteiger partial charge in [-0.2, -0.15) is 0 Å². The second-order valence-electron chi connectivity index (χ2n) is 5.21. The summed E-state index contributed by atoms with van der Waals surface area (Å²) in [5.41, 5.74) is -0.265. The largest absolute Gasteiger partial charge is 0.491 e. The highest BCUT2D eigenvalue weighted by atomic mass is 16.5. The van der Waals surface area contributed by atoms with E-state index in [1.54, 1.807) is 19.4 Å². The van der Waals surface area contributed by atoms with Gasteiger partial charge in [-0.05, 0) is 33.6 Å². The van der Waals surface area contributed by atoms with Crippen LogP contribution >= 0.6 is 0 Å². The molecule has 1 fully saturated rings. The molecule has 0 aliphatic heterocycles. The normalized spacial score (nSPS) is 15.5. The Morgan fingerprint density at radius 1 is 1.24 bits per heavy atom. The van der Waals surface area contributed by atoms with Gasteiger partial charge in [0.2, 0.25) is 5.88 Å². The van der Waals surface area contributed by atoms with E-state index in [0.29, 0.717) is 23.5 Å². The summed E-state index contributed by atoms with van der Waals surface area (Å²) in [5.74, 6) is 1.93. The van der Waals surface area contributed by atoms with E-state index in [-0.39, 0.29) is 5.60 Å². The summed E-state index contributed by atoms with van der Waals surface area (Å²) in [7, 11) is 1.61. The van der Waals surface area contributed by atoms with Crippen molar-refractivity contribution >= 4 is 0 Å². The van der Waals surface area contributed by atoms with E-state index in [4.69, 9.17) is 14.2 Å². The van der Waals surface area contributed by atoms with Crippen molar-refractivity contribution in [1.29, 1.82) is 0 Å². The van der Waals surface area contributed by atoms with Gasteiger partial charge < -0.3 is 14.2 Å². The summed E-state index contributed by atoms with van der Waals surface area (Å²) in [6, 6.07) is 1.79. The molecule has 4 heteroatoms. The van der Waals surface area contributed by atoms with Crippen LogP contribution < -0.4 is 14.2 Å². The van der Waals surface area contributed by atoms with E-state index >= 15 is 0 Å². The van der Waals surface area contributed by atoms with E-state index < -0.39 is 0 Å². The highest BCUT2D eigenvalue weighted by Crippen LogP contribution is 2.35. The molecule has 1 aliphatic rings. The summed E-state index contributed by atoms with van der Waals surface area (Å²) in [6.07, 6.45) is 4.19. The zero-order valence-corrected chi connectivity index (χ0v) is 10.8. The second kappa shape index (κ2) is 4.43. The maximum absolute atomic E-state index is 5.76. The van der Waals surface area contributed by atoms with Crippen LogP contribution in [0.15, 0.2) is 12.3 Å². The Morgan fingerprint density at radius 2 is 1.94 bits per heavy atom. The van der Waals surface area contributed by atoms with Crippen LogP contribution in [0.4, 0.5) is 0 Å². The lowest BCUT2D eigenvalue weighted by Gasteiger charge is -2.21. The second-order valence-corrected chi connectivity index (χ2v) is 5.21. The number of pyridine rings is 1. The summed E-state index contributed by atoms with van der Waals surface area (Å²) in [4.78, 5) is 4.20. The Balaban J connectivity index is 2.17. The van der Waals surface area contributed by atoms with Crippen LogP contribution in [0.1, 0.15) is 33.6 Å². The number of nitrogens with zero attached hydrogens (tertiary/aromatic N) is 1. The molecule has 0 amide bonds. The van der Waals surface area contributed by atoms with E-state index in [1.165, 1.54) is 0 Å². The highest BCUT2D eigenvalue weighted by molar-refractivity contribution is 5.41. The van der Waals surface area contributed by atoms with Gasteiger partial charge in [-0.1, -0.05) is 0 Å². The van der Waals surface area contributed by atoms with Crippen molar-refractivity contribution in [2.24, 2.45) is 0 Å². The summed E-state index contributed by atoms with van der Waals surface area (Å²) >= 11 is 0. The zero-order chi connectivity index (χ0) is 12.5. The molecule has 17 heavy (non-hydrogen) atoms. The number of hydrogen-bond donors (Lipinski definition) is 0. The van der Waals surface area contributed by atoms with Crippen LogP contribution in [0.2, 0.25) is 0 Å². The van der Waals surface area contributed by atoms with Gasteiger partial charge in [0.15, 0.2) is 11.5 Å². The summed E-state index contributed by atoms with van der Waals surface area (Å²) < 4.78 is 16.7. The van der Waals surface area contributed by atoms with Gasteiger partial charge in [0.05, 0.1) is 19.4 Å². The Bertz CT molecular complexity index is 394. The van der Waals surface area contributed by atoms with Crippen molar-refractivity contribution < 1.29 is 14.2 Å².